The van der Waals surface area contributed by atoms with Crippen molar-refractivity contribution in [1.82, 2.24) is 9.62 Å². The predicted octanol–water partition coefficient (Wildman–Crippen LogP) is 0.811. The van der Waals surface area contributed by atoms with E-state index >= 15 is 0 Å². The molecule has 1 aliphatic heterocycles. The van der Waals surface area contributed by atoms with Gasteiger partial charge in [-0.05, 0) is 43.0 Å². The summed E-state index contributed by atoms with van der Waals surface area (Å²) < 4.78 is 31.6. The summed E-state index contributed by atoms with van der Waals surface area (Å²) >= 11 is 0. The van der Waals surface area contributed by atoms with Crippen molar-refractivity contribution in [2.45, 2.75) is 30.7 Å². The van der Waals surface area contributed by atoms with Gasteiger partial charge in [0.25, 0.3) is 5.91 Å². The Morgan fingerprint density at radius 1 is 1.36 bits per heavy atom. The molecule has 0 aromatic heterocycles. The lowest BCUT2D eigenvalue weighted by Gasteiger charge is -2.38. The van der Waals surface area contributed by atoms with E-state index in [1.54, 1.807) is 17.0 Å². The average molecular weight is 369 g/mol. The molecule has 2 rings (SSSR count). The van der Waals surface area contributed by atoms with Gasteiger partial charge in [-0.15, -0.1) is 0 Å². The molecule has 1 amide bonds. The average Bonchev–Trinajstić information content (AvgIpc) is 2.61. The highest BCUT2D eigenvalue weighted by Gasteiger charge is 2.29. The number of nitrogens with one attached hydrogen (secondary N) is 1. The van der Waals surface area contributed by atoms with Crippen LogP contribution in [0.25, 0.3) is 0 Å². The Hall–Kier alpha value is -1.48. The lowest BCUT2D eigenvalue weighted by Crippen LogP contribution is -2.49. The van der Waals surface area contributed by atoms with E-state index in [0.717, 1.165) is 12.8 Å². The van der Waals surface area contributed by atoms with Crippen LogP contribution >= 0.6 is 0 Å². The van der Waals surface area contributed by atoms with Crippen LogP contribution in [0.2, 0.25) is 0 Å². The molecule has 2 unspecified atom stereocenters. The number of nitrogens with zero attached hydrogens (tertiary/aromatic N) is 1. The van der Waals surface area contributed by atoms with Crippen LogP contribution in [0.3, 0.4) is 0 Å². The Morgan fingerprint density at radius 2 is 2.04 bits per heavy atom. The van der Waals surface area contributed by atoms with Crippen LogP contribution in [0.4, 0.5) is 0 Å². The molecule has 1 heterocycles. The normalized spacial score (nSPS) is 21.3. The van der Waals surface area contributed by atoms with E-state index in [-0.39, 0.29) is 23.4 Å². The van der Waals surface area contributed by atoms with Gasteiger partial charge in [0, 0.05) is 38.3 Å². The summed E-state index contributed by atoms with van der Waals surface area (Å²) in [6.07, 6.45) is 1.86. The quantitative estimate of drug-likeness (QED) is 0.693. The fourth-order valence-corrected chi connectivity index (χ4v) is 4.06. The monoisotopic (exact) mass is 369 g/mol. The van der Waals surface area contributed by atoms with Crippen LogP contribution in [0.1, 0.15) is 30.1 Å². The Labute approximate surface area is 149 Å². The first-order valence-electron chi connectivity index (χ1n) is 8.48. The van der Waals surface area contributed by atoms with E-state index in [1.165, 1.54) is 19.2 Å². The molecule has 0 saturated carbocycles. The third-order valence-electron chi connectivity index (χ3n) is 4.52. The summed E-state index contributed by atoms with van der Waals surface area (Å²) in [6, 6.07) is 6.05. The highest BCUT2D eigenvalue weighted by Crippen LogP contribution is 2.24. The summed E-state index contributed by atoms with van der Waals surface area (Å²) in [6.45, 7) is 3.78. The third kappa shape index (κ3) is 5.01. The van der Waals surface area contributed by atoms with Crippen molar-refractivity contribution in [3.8, 4) is 0 Å². The largest absolute Gasteiger partial charge is 0.383 e. The van der Waals surface area contributed by atoms with E-state index in [1.807, 2.05) is 0 Å². The lowest BCUT2D eigenvalue weighted by molar-refractivity contribution is 0.0573. The summed E-state index contributed by atoms with van der Waals surface area (Å²) in [5.74, 6) is 0.460. The smallest absolute Gasteiger partial charge is 0.254 e. The molecule has 25 heavy (non-hydrogen) atoms. The number of carbonyl (C=O) groups is 1. The zero-order valence-electron chi connectivity index (χ0n) is 14.8. The number of piperidine rings is 1. The summed E-state index contributed by atoms with van der Waals surface area (Å²) in [5.41, 5.74) is 6.29. The highest BCUT2D eigenvalue weighted by molar-refractivity contribution is 7.89. The second-order valence-corrected chi connectivity index (χ2v) is 8.20. The maximum Gasteiger partial charge on any atom is 0.254 e. The molecule has 1 saturated heterocycles. The minimum atomic E-state index is -3.60. The van der Waals surface area contributed by atoms with Crippen molar-refractivity contribution in [3.63, 3.8) is 0 Å². The fraction of sp³-hybridized carbons (Fsp3) is 0.588. The van der Waals surface area contributed by atoms with E-state index in [2.05, 4.69) is 11.6 Å². The molecule has 0 bridgehead atoms. The van der Waals surface area contributed by atoms with Gasteiger partial charge in [0.05, 0.1) is 11.5 Å². The number of amides is 1. The summed E-state index contributed by atoms with van der Waals surface area (Å²) in [7, 11) is -2.09. The molecule has 0 aliphatic carbocycles. The fourth-order valence-electron chi connectivity index (χ4n) is 3.05. The SMILES string of the molecule is COCCNS(=O)(=O)c1ccc(C(=O)N2CCC(C)CC2CN)cc1. The third-order valence-corrected chi connectivity index (χ3v) is 6.00. The van der Waals surface area contributed by atoms with Gasteiger partial charge >= 0.3 is 0 Å². The van der Waals surface area contributed by atoms with Crippen LogP contribution in [-0.2, 0) is 14.8 Å². The van der Waals surface area contributed by atoms with E-state index in [4.69, 9.17) is 10.5 Å². The summed E-state index contributed by atoms with van der Waals surface area (Å²) in [4.78, 5) is 14.7. The molecule has 2 atom stereocenters. The molecule has 0 spiro atoms. The number of hydrogen-bond donors (Lipinski definition) is 2. The van der Waals surface area contributed by atoms with E-state index in [9.17, 15) is 13.2 Å². The van der Waals surface area contributed by atoms with Gasteiger partial charge in [-0.2, -0.15) is 0 Å². The number of rotatable bonds is 7. The summed E-state index contributed by atoms with van der Waals surface area (Å²) in [5, 5.41) is 0. The van der Waals surface area contributed by atoms with E-state index in [0.29, 0.717) is 31.2 Å². The second kappa shape index (κ2) is 8.75. The molecule has 140 valence electrons. The number of methoxy groups -OCH3 is 1. The van der Waals surface area contributed by atoms with Gasteiger partial charge < -0.3 is 15.4 Å². The van der Waals surface area contributed by atoms with Gasteiger partial charge in [-0.25, -0.2) is 13.1 Å². The van der Waals surface area contributed by atoms with Crippen molar-refractivity contribution in [3.05, 3.63) is 29.8 Å². The minimum Gasteiger partial charge on any atom is -0.383 e. The number of sulfonamides is 1. The van der Waals surface area contributed by atoms with Crippen LogP contribution in [0, 0.1) is 5.92 Å². The first-order chi connectivity index (χ1) is 11.9. The van der Waals surface area contributed by atoms with Gasteiger partial charge in [0.15, 0.2) is 0 Å². The standard InChI is InChI=1S/C17H27N3O4S/c1-13-7-9-20(15(11-13)12-18)17(21)14-3-5-16(6-4-14)25(22,23)19-8-10-24-2/h3-6,13,15,19H,7-12,18H2,1-2H3. The first kappa shape index (κ1) is 19.8. The Kier molecular flexibility index (Phi) is 6.95. The molecule has 7 nitrogen and oxygen atoms in total. The molecule has 3 N–H and O–H groups in total. The maximum absolute atomic E-state index is 12.7. The van der Waals surface area contributed by atoms with Crippen molar-refractivity contribution in [2.24, 2.45) is 11.7 Å². The lowest BCUT2D eigenvalue weighted by atomic mass is 9.92. The molecule has 0 radical (unpaired) electrons. The molecular formula is C17H27N3O4S. The van der Waals surface area contributed by atoms with Crippen molar-refractivity contribution in [2.75, 3.05) is 33.4 Å². The molecule has 8 heteroatoms. The zero-order chi connectivity index (χ0) is 18.4. The van der Waals surface area contributed by atoms with Crippen molar-refractivity contribution < 1.29 is 17.9 Å². The van der Waals surface area contributed by atoms with Crippen LogP contribution in [-0.4, -0.2) is 58.6 Å². The number of hydrogen-bond acceptors (Lipinski definition) is 5. The maximum atomic E-state index is 12.7. The van der Waals surface area contributed by atoms with Gasteiger partial charge in [-0.3, -0.25) is 4.79 Å². The minimum absolute atomic E-state index is 0.0374. The molecule has 1 aliphatic rings. The Bertz CT molecular complexity index is 676. The molecule has 1 aromatic rings. The van der Waals surface area contributed by atoms with Crippen molar-refractivity contribution >= 4 is 15.9 Å². The zero-order valence-corrected chi connectivity index (χ0v) is 15.6. The van der Waals surface area contributed by atoms with Crippen molar-refractivity contribution in [1.29, 1.82) is 0 Å². The molecule has 1 fully saturated rings. The van der Waals surface area contributed by atoms with Gasteiger partial charge in [-0.1, -0.05) is 6.92 Å². The van der Waals surface area contributed by atoms with Crippen LogP contribution in [0.15, 0.2) is 29.2 Å². The topological polar surface area (TPSA) is 102 Å². The highest BCUT2D eigenvalue weighted by atomic mass is 32.2. The Morgan fingerprint density at radius 3 is 2.64 bits per heavy atom. The number of nitrogens with two attached hydrogens (primary N) is 1. The Balaban J connectivity index is 2.09. The van der Waals surface area contributed by atoms with Crippen LogP contribution < -0.4 is 10.5 Å². The van der Waals surface area contributed by atoms with Gasteiger partial charge in [0.2, 0.25) is 10.0 Å². The first-order valence-corrected chi connectivity index (χ1v) is 9.97. The number of likely N-dealkylation sites (tertiary alicyclic amines) is 1. The molecular weight excluding hydrogens is 342 g/mol. The van der Waals surface area contributed by atoms with Gasteiger partial charge in [0.1, 0.15) is 0 Å². The van der Waals surface area contributed by atoms with E-state index < -0.39 is 10.0 Å². The number of ether oxygens (including phenoxy) is 1. The molecule has 1 aromatic carbocycles. The second-order valence-electron chi connectivity index (χ2n) is 6.43. The van der Waals surface area contributed by atoms with Crippen LogP contribution in [0.5, 0.6) is 0 Å². The predicted molar refractivity (Wildman–Crippen MR) is 95.8 cm³/mol. The number of benzene rings is 1. The number of carbonyl (C=O) groups excluding carboxylic acids is 1.